The maximum atomic E-state index is 12.6. The number of thioether (sulfide) groups is 1. The van der Waals surface area contributed by atoms with Gasteiger partial charge < -0.3 is 10.6 Å². The van der Waals surface area contributed by atoms with Crippen molar-refractivity contribution in [1.29, 1.82) is 0 Å². The summed E-state index contributed by atoms with van der Waals surface area (Å²) in [7, 11) is 0. The number of hydrogen-bond acceptors (Lipinski definition) is 3. The molecule has 2 rings (SSSR count). The first-order valence-electron chi connectivity index (χ1n) is 8.03. The first-order valence-corrected chi connectivity index (χ1v) is 10.2. The number of carbonyl (C=O) groups excluding carboxylic acids is 2. The fourth-order valence-electron chi connectivity index (χ4n) is 2.28. The van der Waals surface area contributed by atoms with Crippen molar-refractivity contribution in [2.24, 2.45) is 0 Å². The average Bonchev–Trinajstić information content (AvgIpc) is 2.60. The molecule has 2 N–H and O–H groups in total. The van der Waals surface area contributed by atoms with E-state index < -0.39 is 11.9 Å². The van der Waals surface area contributed by atoms with Crippen LogP contribution in [0.1, 0.15) is 22.3 Å². The molecule has 0 aromatic heterocycles. The van der Waals surface area contributed by atoms with Crippen LogP contribution in [0.3, 0.4) is 0 Å². The van der Waals surface area contributed by atoms with Crippen LogP contribution >= 0.6 is 35.0 Å². The second-order valence-corrected chi connectivity index (χ2v) is 7.62. The van der Waals surface area contributed by atoms with Gasteiger partial charge in [-0.15, -0.1) is 0 Å². The van der Waals surface area contributed by atoms with Gasteiger partial charge in [-0.05, 0) is 55.7 Å². The number of aryl methyl sites for hydroxylation is 1. The summed E-state index contributed by atoms with van der Waals surface area (Å²) in [5, 5.41) is 6.30. The Kier molecular flexibility index (Phi) is 7.82. The predicted molar refractivity (Wildman–Crippen MR) is 111 cm³/mol. The summed E-state index contributed by atoms with van der Waals surface area (Å²) >= 11 is 13.6. The molecule has 0 saturated carbocycles. The Morgan fingerprint density at radius 3 is 2.42 bits per heavy atom. The van der Waals surface area contributed by atoms with Gasteiger partial charge >= 0.3 is 0 Å². The van der Waals surface area contributed by atoms with E-state index >= 15 is 0 Å². The zero-order valence-corrected chi connectivity index (χ0v) is 16.8. The highest BCUT2D eigenvalue weighted by atomic mass is 35.5. The molecule has 1 unspecified atom stereocenters. The van der Waals surface area contributed by atoms with E-state index in [0.29, 0.717) is 17.1 Å². The van der Waals surface area contributed by atoms with E-state index in [1.807, 2.05) is 37.4 Å². The van der Waals surface area contributed by atoms with Gasteiger partial charge in [-0.3, -0.25) is 9.59 Å². The summed E-state index contributed by atoms with van der Waals surface area (Å²) < 4.78 is 0. The molecule has 26 heavy (non-hydrogen) atoms. The lowest BCUT2D eigenvalue weighted by atomic mass is 10.1. The number of amides is 2. The Morgan fingerprint density at radius 1 is 1.12 bits per heavy atom. The van der Waals surface area contributed by atoms with Gasteiger partial charge in [0, 0.05) is 10.7 Å². The van der Waals surface area contributed by atoms with Gasteiger partial charge in [0.2, 0.25) is 5.91 Å². The SMILES string of the molecule is CSCCC(NC(=O)c1ccc(Cl)cc1Cl)C(=O)Nc1ccc(C)cc1. The van der Waals surface area contributed by atoms with Gasteiger partial charge in [-0.1, -0.05) is 40.9 Å². The van der Waals surface area contributed by atoms with E-state index in [1.165, 1.54) is 6.07 Å². The van der Waals surface area contributed by atoms with E-state index in [0.717, 1.165) is 11.3 Å². The van der Waals surface area contributed by atoms with Crippen LogP contribution in [0.15, 0.2) is 42.5 Å². The largest absolute Gasteiger partial charge is 0.340 e. The average molecular weight is 411 g/mol. The molecule has 0 fully saturated rings. The van der Waals surface area contributed by atoms with Crippen LogP contribution in [-0.4, -0.2) is 29.9 Å². The molecule has 0 spiro atoms. The van der Waals surface area contributed by atoms with E-state index in [1.54, 1.807) is 23.9 Å². The van der Waals surface area contributed by atoms with Gasteiger partial charge in [-0.25, -0.2) is 0 Å². The third-order valence-electron chi connectivity index (χ3n) is 3.73. The van der Waals surface area contributed by atoms with Crippen LogP contribution < -0.4 is 10.6 Å². The quantitative estimate of drug-likeness (QED) is 0.689. The van der Waals surface area contributed by atoms with E-state index in [2.05, 4.69) is 10.6 Å². The van der Waals surface area contributed by atoms with Crippen LogP contribution in [0.5, 0.6) is 0 Å². The molecule has 0 aliphatic heterocycles. The van der Waals surface area contributed by atoms with E-state index in [4.69, 9.17) is 23.2 Å². The van der Waals surface area contributed by atoms with Gasteiger partial charge in [0.05, 0.1) is 10.6 Å². The zero-order valence-electron chi connectivity index (χ0n) is 14.5. The van der Waals surface area contributed by atoms with Crippen LogP contribution in [0, 0.1) is 6.92 Å². The van der Waals surface area contributed by atoms with Crippen molar-refractivity contribution in [3.05, 3.63) is 63.6 Å². The minimum Gasteiger partial charge on any atom is -0.340 e. The number of anilines is 1. The smallest absolute Gasteiger partial charge is 0.253 e. The lowest BCUT2D eigenvalue weighted by Crippen LogP contribution is -2.44. The standard InChI is InChI=1S/C19H20Cl2N2O2S/c1-12-3-6-14(7-4-12)22-19(25)17(9-10-26-2)23-18(24)15-8-5-13(20)11-16(15)21/h3-8,11,17H,9-10H2,1-2H3,(H,22,25)(H,23,24). The lowest BCUT2D eigenvalue weighted by Gasteiger charge is -2.19. The molecule has 0 aliphatic carbocycles. The monoisotopic (exact) mass is 410 g/mol. The summed E-state index contributed by atoms with van der Waals surface area (Å²) in [6.45, 7) is 1.98. The molecule has 138 valence electrons. The summed E-state index contributed by atoms with van der Waals surface area (Å²) in [6.07, 6.45) is 2.46. The zero-order chi connectivity index (χ0) is 19.1. The molecule has 4 nitrogen and oxygen atoms in total. The Balaban J connectivity index is 2.11. The molecule has 1 atom stereocenters. The highest BCUT2D eigenvalue weighted by molar-refractivity contribution is 7.98. The molecule has 0 radical (unpaired) electrons. The molecule has 2 aromatic carbocycles. The molecule has 2 amide bonds. The summed E-state index contributed by atoms with van der Waals surface area (Å²) in [4.78, 5) is 25.1. The number of carbonyl (C=O) groups is 2. The molecule has 0 saturated heterocycles. The molecular weight excluding hydrogens is 391 g/mol. The first kappa shape index (κ1) is 20.6. The first-order chi connectivity index (χ1) is 12.4. The van der Waals surface area contributed by atoms with Gasteiger partial charge in [0.1, 0.15) is 6.04 Å². The van der Waals surface area contributed by atoms with Gasteiger partial charge in [0.15, 0.2) is 0 Å². The number of nitrogens with one attached hydrogen (secondary N) is 2. The summed E-state index contributed by atoms with van der Waals surface area (Å²) in [5.41, 5.74) is 2.08. The van der Waals surface area contributed by atoms with Gasteiger partial charge in [0.25, 0.3) is 5.91 Å². The van der Waals surface area contributed by atoms with Crippen LogP contribution in [-0.2, 0) is 4.79 Å². The predicted octanol–water partition coefficient (Wildman–Crippen LogP) is 4.79. The number of hydrogen-bond donors (Lipinski definition) is 2. The van der Waals surface area contributed by atoms with Crippen molar-refractivity contribution in [2.75, 3.05) is 17.3 Å². The minimum absolute atomic E-state index is 0.248. The lowest BCUT2D eigenvalue weighted by molar-refractivity contribution is -0.118. The number of halogens is 2. The normalized spacial score (nSPS) is 11.7. The van der Waals surface area contributed by atoms with Gasteiger partial charge in [-0.2, -0.15) is 11.8 Å². The Bertz CT molecular complexity index is 782. The Labute approximate surface area is 167 Å². The van der Waals surface area contributed by atoms with Crippen LogP contribution in [0.25, 0.3) is 0 Å². The molecule has 2 aromatic rings. The van der Waals surface area contributed by atoms with Crippen molar-refractivity contribution in [1.82, 2.24) is 5.32 Å². The molecule has 7 heteroatoms. The second-order valence-electron chi connectivity index (χ2n) is 5.79. The topological polar surface area (TPSA) is 58.2 Å². The van der Waals surface area contributed by atoms with Crippen LogP contribution in [0.2, 0.25) is 10.0 Å². The Morgan fingerprint density at radius 2 is 1.81 bits per heavy atom. The highest BCUT2D eigenvalue weighted by Gasteiger charge is 2.22. The van der Waals surface area contributed by atoms with Crippen molar-refractivity contribution >= 4 is 52.5 Å². The third kappa shape index (κ3) is 5.94. The number of rotatable bonds is 7. The molecule has 0 bridgehead atoms. The van der Waals surface area contributed by atoms with E-state index in [9.17, 15) is 9.59 Å². The summed E-state index contributed by atoms with van der Waals surface area (Å²) in [6, 6.07) is 11.5. The fraction of sp³-hybridized carbons (Fsp3) is 0.263. The van der Waals surface area contributed by atoms with Crippen LogP contribution in [0.4, 0.5) is 5.69 Å². The molecular formula is C19H20Cl2N2O2S. The maximum Gasteiger partial charge on any atom is 0.253 e. The van der Waals surface area contributed by atoms with Crippen molar-refractivity contribution < 1.29 is 9.59 Å². The third-order valence-corrected chi connectivity index (χ3v) is 4.92. The van der Waals surface area contributed by atoms with E-state index in [-0.39, 0.29) is 16.5 Å². The van der Waals surface area contributed by atoms with Crippen molar-refractivity contribution in [3.63, 3.8) is 0 Å². The van der Waals surface area contributed by atoms with Crippen molar-refractivity contribution in [2.45, 2.75) is 19.4 Å². The highest BCUT2D eigenvalue weighted by Crippen LogP contribution is 2.21. The van der Waals surface area contributed by atoms with Crippen molar-refractivity contribution in [3.8, 4) is 0 Å². The molecule has 0 aliphatic rings. The maximum absolute atomic E-state index is 12.6. The number of benzene rings is 2. The molecule has 0 heterocycles. The summed E-state index contributed by atoms with van der Waals surface area (Å²) in [5.74, 6) is 0.0684. The minimum atomic E-state index is -0.664. The second kappa shape index (κ2) is 9.86. The Hall–Kier alpha value is -1.69. The fourth-order valence-corrected chi connectivity index (χ4v) is 3.25.